The summed E-state index contributed by atoms with van der Waals surface area (Å²) >= 11 is -2.18. The molecule has 1 aliphatic rings. The Hall–Kier alpha value is -0.200. The van der Waals surface area contributed by atoms with Gasteiger partial charge in [0.25, 0.3) is 0 Å². The quantitative estimate of drug-likeness (QED) is 0.480. The van der Waals surface area contributed by atoms with E-state index in [1.165, 1.54) is 0 Å². The smallest absolute Gasteiger partial charge is 0.768 e. The van der Waals surface area contributed by atoms with E-state index < -0.39 is 11.1 Å². The Labute approximate surface area is 118 Å². The molecule has 2 atom stereocenters. The molecule has 0 saturated carbocycles. The second kappa shape index (κ2) is 5.93. The summed E-state index contributed by atoms with van der Waals surface area (Å²) in [6.07, 6.45) is 1.32. The summed E-state index contributed by atoms with van der Waals surface area (Å²) in [6, 6.07) is 6.60. The third kappa shape index (κ3) is 3.15. The molecule has 1 amide bonds. The molecule has 1 saturated heterocycles. The van der Waals surface area contributed by atoms with Crippen molar-refractivity contribution in [3.05, 3.63) is 29.8 Å². The Balaban J connectivity index is 0.00000128. The maximum atomic E-state index is 11.0. The van der Waals surface area contributed by atoms with Gasteiger partial charge in [-0.05, 0) is 35.2 Å². The number of hydrogen-bond acceptors (Lipinski definition) is 3. The number of benzene rings is 1. The zero-order valence-corrected chi connectivity index (χ0v) is 11.8. The molecule has 2 unspecified atom stereocenters. The minimum absolute atomic E-state index is 0. The third-order valence-corrected chi connectivity index (χ3v) is 3.13. The summed E-state index contributed by atoms with van der Waals surface area (Å²) in [6.45, 7) is 0. The maximum absolute atomic E-state index is 11.0. The first-order valence-electron chi connectivity index (χ1n) is 4.65. The molecule has 1 heterocycles. The summed E-state index contributed by atoms with van der Waals surface area (Å²) in [4.78, 5) is 11.3. The van der Waals surface area contributed by atoms with Gasteiger partial charge in [-0.2, -0.15) is 0 Å². The van der Waals surface area contributed by atoms with E-state index in [1.807, 2.05) is 0 Å². The summed E-state index contributed by atoms with van der Waals surface area (Å²) in [5, 5.41) is 2.83. The molecular formula is C10H10NNaO3S. The van der Waals surface area contributed by atoms with Crippen LogP contribution in [0.4, 0.5) is 0 Å². The third-order valence-electron chi connectivity index (χ3n) is 2.47. The van der Waals surface area contributed by atoms with Gasteiger partial charge in [-0.25, -0.2) is 0 Å². The van der Waals surface area contributed by atoms with E-state index in [4.69, 9.17) is 0 Å². The fraction of sp³-hybridized carbons (Fsp3) is 0.300. The van der Waals surface area contributed by atoms with E-state index in [2.05, 4.69) is 5.32 Å². The van der Waals surface area contributed by atoms with Crippen LogP contribution in [-0.4, -0.2) is 14.7 Å². The summed E-state index contributed by atoms with van der Waals surface area (Å²) in [7, 11) is 0. The number of nitrogens with one attached hydrogen (secondary N) is 1. The van der Waals surface area contributed by atoms with Crippen LogP contribution in [0, 0.1) is 0 Å². The van der Waals surface area contributed by atoms with Crippen LogP contribution in [0.2, 0.25) is 0 Å². The first-order valence-corrected chi connectivity index (χ1v) is 5.73. The fourth-order valence-electron chi connectivity index (χ4n) is 1.68. The van der Waals surface area contributed by atoms with Crippen LogP contribution in [0.5, 0.6) is 0 Å². The van der Waals surface area contributed by atoms with Gasteiger partial charge in [-0.15, -0.1) is 0 Å². The molecule has 4 nitrogen and oxygen atoms in total. The second-order valence-electron chi connectivity index (χ2n) is 3.46. The number of hydrogen-bond donors (Lipinski definition) is 1. The summed E-state index contributed by atoms with van der Waals surface area (Å²) in [5.41, 5.74) is 0.954. The van der Waals surface area contributed by atoms with Crippen molar-refractivity contribution in [1.82, 2.24) is 5.32 Å². The van der Waals surface area contributed by atoms with Crippen molar-refractivity contribution < 1.29 is 43.1 Å². The fourth-order valence-corrected chi connectivity index (χ4v) is 2.03. The van der Waals surface area contributed by atoms with Crippen LogP contribution < -0.4 is 34.9 Å². The number of rotatable bonds is 2. The SMILES string of the molecule is O=C1CCC(c2ccc(S(=O)[O-])cc2)N1.[Na+]. The first-order chi connectivity index (χ1) is 7.16. The van der Waals surface area contributed by atoms with Gasteiger partial charge in [0.1, 0.15) is 0 Å². The molecular weight excluding hydrogens is 237 g/mol. The van der Waals surface area contributed by atoms with Gasteiger partial charge in [0, 0.05) is 11.3 Å². The van der Waals surface area contributed by atoms with Crippen molar-refractivity contribution in [2.75, 3.05) is 0 Å². The average Bonchev–Trinajstić information content (AvgIpc) is 2.65. The topological polar surface area (TPSA) is 69.2 Å². The standard InChI is InChI=1S/C10H11NO3S.Na/c12-10-6-5-9(11-10)7-1-3-8(4-2-7)15(13)14;/h1-4,9H,5-6H2,(H,11,12)(H,13,14);/q;+1/p-1. The molecule has 6 heteroatoms. The van der Waals surface area contributed by atoms with Crippen molar-refractivity contribution in [2.24, 2.45) is 0 Å². The largest absolute Gasteiger partial charge is 1.00 e. The van der Waals surface area contributed by atoms with E-state index in [9.17, 15) is 13.6 Å². The van der Waals surface area contributed by atoms with Gasteiger partial charge >= 0.3 is 29.6 Å². The second-order valence-corrected chi connectivity index (χ2v) is 4.40. The Kier molecular flexibility index (Phi) is 5.14. The minimum Gasteiger partial charge on any atom is -0.768 e. The van der Waals surface area contributed by atoms with E-state index in [0.29, 0.717) is 6.42 Å². The van der Waals surface area contributed by atoms with E-state index in [0.717, 1.165) is 12.0 Å². The minimum atomic E-state index is -2.18. The van der Waals surface area contributed by atoms with Gasteiger partial charge in [0.05, 0.1) is 6.04 Å². The van der Waals surface area contributed by atoms with Gasteiger partial charge in [-0.1, -0.05) is 12.1 Å². The summed E-state index contributed by atoms with van der Waals surface area (Å²) in [5.74, 6) is 0.0523. The average molecular weight is 247 g/mol. The molecule has 16 heavy (non-hydrogen) atoms. The predicted molar refractivity (Wildman–Crippen MR) is 53.7 cm³/mol. The molecule has 0 aromatic heterocycles. The van der Waals surface area contributed by atoms with Crippen LogP contribution in [-0.2, 0) is 15.9 Å². The zero-order chi connectivity index (χ0) is 10.8. The molecule has 1 aliphatic heterocycles. The molecule has 1 N–H and O–H groups in total. The van der Waals surface area contributed by atoms with Crippen LogP contribution in [0.25, 0.3) is 0 Å². The zero-order valence-electron chi connectivity index (χ0n) is 8.93. The monoisotopic (exact) mass is 247 g/mol. The van der Waals surface area contributed by atoms with Crippen molar-refractivity contribution in [1.29, 1.82) is 0 Å². The Morgan fingerprint density at radius 3 is 2.38 bits per heavy atom. The van der Waals surface area contributed by atoms with Gasteiger partial charge in [0.15, 0.2) is 0 Å². The molecule has 0 bridgehead atoms. The normalized spacial score (nSPS) is 21.1. The number of amides is 1. The number of carbonyl (C=O) groups is 1. The predicted octanol–water partition coefficient (Wildman–Crippen LogP) is -2.12. The van der Waals surface area contributed by atoms with Crippen molar-refractivity contribution in [3.8, 4) is 0 Å². The molecule has 80 valence electrons. The van der Waals surface area contributed by atoms with Crippen molar-refractivity contribution in [3.63, 3.8) is 0 Å². The number of carbonyl (C=O) groups excluding carboxylic acids is 1. The molecule has 0 spiro atoms. The molecule has 1 fully saturated rings. The molecule has 1 aromatic rings. The first kappa shape index (κ1) is 13.9. The van der Waals surface area contributed by atoms with Crippen LogP contribution >= 0.6 is 0 Å². The van der Waals surface area contributed by atoms with E-state index in [-0.39, 0.29) is 46.4 Å². The van der Waals surface area contributed by atoms with E-state index in [1.54, 1.807) is 24.3 Å². The van der Waals surface area contributed by atoms with Crippen LogP contribution in [0.1, 0.15) is 24.4 Å². The van der Waals surface area contributed by atoms with Crippen molar-refractivity contribution >= 4 is 17.0 Å². The van der Waals surface area contributed by atoms with Crippen LogP contribution in [0.15, 0.2) is 29.2 Å². The molecule has 0 aliphatic carbocycles. The Bertz CT molecular complexity index is 407. The van der Waals surface area contributed by atoms with Gasteiger partial charge < -0.3 is 9.87 Å². The molecule has 2 rings (SSSR count). The molecule has 0 radical (unpaired) electrons. The van der Waals surface area contributed by atoms with Gasteiger partial charge in [-0.3, -0.25) is 9.00 Å². The summed E-state index contributed by atoms with van der Waals surface area (Å²) < 4.78 is 21.2. The Morgan fingerprint density at radius 1 is 1.31 bits per heavy atom. The van der Waals surface area contributed by atoms with Crippen LogP contribution in [0.3, 0.4) is 0 Å². The molecule has 1 aromatic carbocycles. The van der Waals surface area contributed by atoms with Crippen molar-refractivity contribution in [2.45, 2.75) is 23.8 Å². The maximum Gasteiger partial charge on any atom is 1.00 e. The van der Waals surface area contributed by atoms with E-state index >= 15 is 0 Å². The Morgan fingerprint density at radius 2 is 1.94 bits per heavy atom. The van der Waals surface area contributed by atoms with Gasteiger partial charge in [0.2, 0.25) is 5.91 Å².